The van der Waals surface area contributed by atoms with Crippen LogP contribution in [0.3, 0.4) is 0 Å². The minimum Gasteiger partial charge on any atom is -0.474 e. The van der Waals surface area contributed by atoms with Gasteiger partial charge in [0.1, 0.15) is 5.76 Å². The highest BCUT2D eigenvalue weighted by Crippen LogP contribution is 2.24. The summed E-state index contributed by atoms with van der Waals surface area (Å²) in [4.78, 5) is 32.0. The molecule has 0 unspecified atom stereocenters. The van der Waals surface area contributed by atoms with Crippen LogP contribution in [0.15, 0.2) is 40.8 Å². The number of aldehydes is 1. The van der Waals surface area contributed by atoms with E-state index in [2.05, 4.69) is 5.32 Å². The molecule has 0 aliphatic carbocycles. The molecule has 0 aliphatic rings. The largest absolute Gasteiger partial charge is 0.474 e. The molecule has 1 aromatic carbocycles. The zero-order valence-corrected chi connectivity index (χ0v) is 9.62. The summed E-state index contributed by atoms with van der Waals surface area (Å²) in [5.41, 5.74) is 0.949. The first-order valence-corrected chi connectivity index (χ1v) is 5.30. The average molecular weight is 259 g/mol. The molecule has 2 aromatic rings. The van der Waals surface area contributed by atoms with E-state index >= 15 is 0 Å². The van der Waals surface area contributed by atoms with Crippen LogP contribution in [0.4, 0.5) is 5.69 Å². The molecule has 0 atom stereocenters. The molecule has 6 nitrogen and oxygen atoms in total. The molecule has 0 saturated heterocycles. The van der Waals surface area contributed by atoms with E-state index in [1.165, 1.54) is 6.07 Å². The van der Waals surface area contributed by atoms with Crippen LogP contribution in [-0.2, 0) is 9.59 Å². The standard InChI is InChI=1S/C13H9NO5/c15-7-10-4-5-11(19-10)8-2-1-3-9(6-8)14-12(16)13(17)18/h1-7H,(H,14,16)(H,17,18). The maximum absolute atomic E-state index is 11.0. The van der Waals surface area contributed by atoms with Crippen LogP contribution in [0.2, 0.25) is 0 Å². The van der Waals surface area contributed by atoms with Gasteiger partial charge < -0.3 is 14.8 Å². The summed E-state index contributed by atoms with van der Waals surface area (Å²) in [7, 11) is 0. The van der Waals surface area contributed by atoms with Crippen LogP contribution in [0.1, 0.15) is 10.6 Å². The van der Waals surface area contributed by atoms with E-state index in [0.717, 1.165) is 0 Å². The van der Waals surface area contributed by atoms with Gasteiger partial charge in [-0.2, -0.15) is 0 Å². The van der Waals surface area contributed by atoms with Gasteiger partial charge in [-0.15, -0.1) is 0 Å². The van der Waals surface area contributed by atoms with Crippen molar-refractivity contribution in [2.45, 2.75) is 0 Å². The highest BCUT2D eigenvalue weighted by molar-refractivity contribution is 6.36. The van der Waals surface area contributed by atoms with Crippen molar-refractivity contribution in [1.29, 1.82) is 0 Å². The third-order valence-electron chi connectivity index (χ3n) is 2.34. The number of benzene rings is 1. The minimum atomic E-state index is -1.56. The van der Waals surface area contributed by atoms with Crippen LogP contribution < -0.4 is 5.32 Å². The SMILES string of the molecule is O=Cc1ccc(-c2cccc(NC(=O)C(=O)O)c2)o1. The monoisotopic (exact) mass is 259 g/mol. The van der Waals surface area contributed by atoms with Crippen LogP contribution in [0.25, 0.3) is 11.3 Å². The van der Waals surface area contributed by atoms with Crippen LogP contribution in [0, 0.1) is 0 Å². The van der Waals surface area contributed by atoms with Crippen LogP contribution in [0.5, 0.6) is 0 Å². The third kappa shape index (κ3) is 2.86. The van der Waals surface area contributed by atoms with Gasteiger partial charge in [-0.1, -0.05) is 12.1 Å². The lowest BCUT2D eigenvalue weighted by Crippen LogP contribution is -2.21. The molecule has 1 amide bonds. The molecule has 6 heteroatoms. The number of nitrogens with one attached hydrogen (secondary N) is 1. The fourth-order valence-corrected chi connectivity index (χ4v) is 1.51. The molecule has 19 heavy (non-hydrogen) atoms. The van der Waals surface area contributed by atoms with Crippen molar-refractivity contribution in [2.24, 2.45) is 0 Å². The molecule has 0 bridgehead atoms. The number of hydrogen-bond donors (Lipinski definition) is 2. The number of rotatable bonds is 3. The van der Waals surface area contributed by atoms with Crippen molar-refractivity contribution < 1.29 is 23.9 Å². The lowest BCUT2D eigenvalue weighted by molar-refractivity contribution is -0.147. The Morgan fingerprint density at radius 3 is 2.63 bits per heavy atom. The van der Waals surface area contributed by atoms with Crippen molar-refractivity contribution in [3.8, 4) is 11.3 Å². The van der Waals surface area contributed by atoms with Crippen LogP contribution in [-0.4, -0.2) is 23.3 Å². The molecule has 0 aliphatic heterocycles. The second kappa shape index (κ2) is 5.18. The van der Waals surface area contributed by atoms with Gasteiger partial charge in [-0.05, 0) is 24.3 Å². The summed E-state index contributed by atoms with van der Waals surface area (Å²) in [5.74, 6) is -2.04. The van der Waals surface area contributed by atoms with E-state index < -0.39 is 11.9 Å². The quantitative estimate of drug-likeness (QED) is 0.647. The molecule has 2 rings (SSSR count). The van der Waals surface area contributed by atoms with Crippen molar-refractivity contribution >= 4 is 23.9 Å². The number of carbonyl (C=O) groups is 3. The summed E-state index contributed by atoms with van der Waals surface area (Å²) in [6.45, 7) is 0. The first-order valence-electron chi connectivity index (χ1n) is 5.30. The van der Waals surface area contributed by atoms with Gasteiger partial charge in [0.15, 0.2) is 12.0 Å². The van der Waals surface area contributed by atoms with Gasteiger partial charge in [-0.25, -0.2) is 4.79 Å². The molecular weight excluding hydrogens is 250 g/mol. The predicted octanol–water partition coefficient (Wildman–Crippen LogP) is 1.78. The number of furan rings is 1. The lowest BCUT2D eigenvalue weighted by Gasteiger charge is -2.03. The molecule has 1 aromatic heterocycles. The first-order chi connectivity index (χ1) is 9.10. The lowest BCUT2D eigenvalue weighted by atomic mass is 10.1. The van der Waals surface area contributed by atoms with E-state index in [1.54, 1.807) is 30.3 Å². The molecule has 0 spiro atoms. The van der Waals surface area contributed by atoms with Gasteiger partial charge in [0, 0.05) is 11.3 Å². The van der Waals surface area contributed by atoms with Gasteiger partial charge in [0.25, 0.3) is 0 Å². The number of anilines is 1. The van der Waals surface area contributed by atoms with Gasteiger partial charge in [0.2, 0.25) is 0 Å². The topological polar surface area (TPSA) is 96.6 Å². The molecule has 96 valence electrons. The van der Waals surface area contributed by atoms with Gasteiger partial charge in [0.05, 0.1) is 0 Å². The number of carboxylic acids is 1. The molecule has 2 N–H and O–H groups in total. The fraction of sp³-hybridized carbons (Fsp3) is 0. The van der Waals surface area contributed by atoms with Crippen molar-refractivity contribution in [3.63, 3.8) is 0 Å². The predicted molar refractivity (Wildman–Crippen MR) is 65.8 cm³/mol. The van der Waals surface area contributed by atoms with Crippen molar-refractivity contribution in [2.75, 3.05) is 5.32 Å². The first kappa shape index (κ1) is 12.6. The summed E-state index contributed by atoms with van der Waals surface area (Å²) in [6.07, 6.45) is 0.583. The maximum Gasteiger partial charge on any atom is 0.394 e. The van der Waals surface area contributed by atoms with Gasteiger partial charge in [-0.3, -0.25) is 9.59 Å². The second-order valence-electron chi connectivity index (χ2n) is 3.66. The number of amides is 1. The molecule has 0 fully saturated rings. The van der Waals surface area contributed by atoms with E-state index in [4.69, 9.17) is 9.52 Å². The number of hydrogen-bond acceptors (Lipinski definition) is 4. The summed E-state index contributed by atoms with van der Waals surface area (Å²) < 4.78 is 5.23. The molecule has 1 heterocycles. The molecule has 0 saturated carbocycles. The van der Waals surface area contributed by atoms with E-state index in [9.17, 15) is 14.4 Å². The smallest absolute Gasteiger partial charge is 0.394 e. The number of carboxylic acid groups (broad SMARTS) is 1. The molecule has 0 radical (unpaired) electrons. The number of carbonyl (C=O) groups excluding carboxylic acids is 2. The Morgan fingerprint density at radius 2 is 2.00 bits per heavy atom. The Labute approximate surface area is 107 Å². The van der Waals surface area contributed by atoms with E-state index in [0.29, 0.717) is 23.3 Å². The summed E-state index contributed by atoms with van der Waals surface area (Å²) in [5, 5.41) is 10.7. The van der Waals surface area contributed by atoms with Crippen molar-refractivity contribution in [3.05, 3.63) is 42.2 Å². The Morgan fingerprint density at radius 1 is 1.21 bits per heavy atom. The third-order valence-corrected chi connectivity index (χ3v) is 2.34. The average Bonchev–Trinajstić information content (AvgIpc) is 2.87. The minimum absolute atomic E-state index is 0.190. The van der Waals surface area contributed by atoms with E-state index in [1.807, 2.05) is 0 Å². The normalized spacial score (nSPS) is 9.89. The van der Waals surface area contributed by atoms with E-state index in [-0.39, 0.29) is 5.76 Å². The molecular formula is C13H9NO5. The van der Waals surface area contributed by atoms with Gasteiger partial charge >= 0.3 is 11.9 Å². The zero-order chi connectivity index (χ0) is 13.8. The van der Waals surface area contributed by atoms with Crippen LogP contribution >= 0.6 is 0 Å². The zero-order valence-electron chi connectivity index (χ0n) is 9.62. The summed E-state index contributed by atoms with van der Waals surface area (Å²) in [6, 6.07) is 9.58. The Balaban J connectivity index is 2.26. The maximum atomic E-state index is 11.0. The Hall–Kier alpha value is -2.89. The Kier molecular flexibility index (Phi) is 3.42. The highest BCUT2D eigenvalue weighted by atomic mass is 16.4. The second-order valence-corrected chi connectivity index (χ2v) is 3.66. The highest BCUT2D eigenvalue weighted by Gasteiger charge is 2.12. The Bertz CT molecular complexity index is 644. The fourth-order valence-electron chi connectivity index (χ4n) is 1.51. The summed E-state index contributed by atoms with van der Waals surface area (Å²) >= 11 is 0. The number of aliphatic carboxylic acids is 1. The van der Waals surface area contributed by atoms with Crippen molar-refractivity contribution in [1.82, 2.24) is 0 Å².